The van der Waals surface area contributed by atoms with Crippen LogP contribution in [0.4, 0.5) is 11.5 Å². The van der Waals surface area contributed by atoms with Crippen molar-refractivity contribution in [2.75, 3.05) is 30.7 Å². The molecule has 0 aliphatic carbocycles. The van der Waals surface area contributed by atoms with Crippen molar-refractivity contribution in [3.8, 4) is 0 Å². The Labute approximate surface area is 110 Å². The quantitative estimate of drug-likeness (QED) is 0.876. The minimum Gasteiger partial charge on any atom is -0.397 e. The molecular weight excluding hydrogens is 280 g/mol. The monoisotopic (exact) mass is 296 g/mol. The molecule has 3 aliphatic heterocycles. The minimum atomic E-state index is 0.532. The van der Waals surface area contributed by atoms with Crippen molar-refractivity contribution in [2.24, 2.45) is 5.92 Å². The summed E-state index contributed by atoms with van der Waals surface area (Å²) in [4.78, 5) is 6.88. The number of halogens is 1. The van der Waals surface area contributed by atoms with Crippen LogP contribution in [-0.4, -0.2) is 35.6 Å². The smallest absolute Gasteiger partial charge is 0.140 e. The molecule has 4 rings (SSSR count). The van der Waals surface area contributed by atoms with Gasteiger partial charge in [0.1, 0.15) is 5.82 Å². The van der Waals surface area contributed by atoms with E-state index >= 15 is 0 Å². The summed E-state index contributed by atoms with van der Waals surface area (Å²) in [5.74, 6) is 1.71. The van der Waals surface area contributed by atoms with Crippen LogP contribution in [0.1, 0.15) is 12.8 Å². The van der Waals surface area contributed by atoms with Crippen LogP contribution in [-0.2, 0) is 0 Å². The average Bonchev–Trinajstić information content (AvgIpc) is 2.34. The SMILES string of the molecule is Nc1cnc(NC2CN3CCC2CC3)c(Br)c1. The first-order chi connectivity index (χ1) is 8.22. The van der Waals surface area contributed by atoms with Crippen LogP contribution in [0.15, 0.2) is 16.7 Å². The highest BCUT2D eigenvalue weighted by Gasteiger charge is 2.34. The van der Waals surface area contributed by atoms with Crippen LogP contribution in [0.25, 0.3) is 0 Å². The Morgan fingerprint density at radius 1 is 1.41 bits per heavy atom. The molecule has 92 valence electrons. The molecule has 3 saturated heterocycles. The number of pyridine rings is 1. The van der Waals surface area contributed by atoms with E-state index in [4.69, 9.17) is 5.73 Å². The van der Waals surface area contributed by atoms with Crippen molar-refractivity contribution in [1.82, 2.24) is 9.88 Å². The van der Waals surface area contributed by atoms with Gasteiger partial charge >= 0.3 is 0 Å². The van der Waals surface area contributed by atoms with Crippen molar-refractivity contribution in [3.63, 3.8) is 0 Å². The van der Waals surface area contributed by atoms with Gasteiger partial charge < -0.3 is 16.0 Å². The van der Waals surface area contributed by atoms with E-state index in [-0.39, 0.29) is 0 Å². The standard InChI is InChI=1S/C12H17BrN4/c13-10-5-9(14)6-15-12(10)16-11-7-17-3-1-8(11)2-4-17/h5-6,8,11H,1-4,7,14H2,(H,15,16). The summed E-state index contributed by atoms with van der Waals surface area (Å²) in [6.45, 7) is 3.67. The van der Waals surface area contributed by atoms with Gasteiger partial charge in [-0.15, -0.1) is 0 Å². The Balaban J connectivity index is 1.74. The summed E-state index contributed by atoms with van der Waals surface area (Å²) in [7, 11) is 0. The molecule has 3 N–H and O–H groups in total. The van der Waals surface area contributed by atoms with Crippen LogP contribution in [0.2, 0.25) is 0 Å². The lowest BCUT2D eigenvalue weighted by atomic mass is 9.84. The van der Waals surface area contributed by atoms with Crippen LogP contribution in [0.5, 0.6) is 0 Å². The van der Waals surface area contributed by atoms with E-state index in [2.05, 4.69) is 31.1 Å². The molecule has 1 atom stereocenters. The Hall–Kier alpha value is -0.810. The summed E-state index contributed by atoms with van der Waals surface area (Å²) < 4.78 is 0.953. The molecule has 0 spiro atoms. The maximum absolute atomic E-state index is 5.69. The second-order valence-corrected chi connectivity index (χ2v) is 5.84. The fraction of sp³-hybridized carbons (Fsp3) is 0.583. The lowest BCUT2D eigenvalue weighted by Crippen LogP contribution is -2.53. The number of anilines is 2. The first kappa shape index (κ1) is 11.3. The number of nitrogens with two attached hydrogens (primary N) is 1. The first-order valence-electron chi connectivity index (χ1n) is 6.12. The highest BCUT2D eigenvalue weighted by molar-refractivity contribution is 9.10. The Bertz CT molecular complexity index is 415. The van der Waals surface area contributed by atoms with E-state index in [0.717, 1.165) is 22.8 Å². The van der Waals surface area contributed by atoms with Gasteiger partial charge in [0.2, 0.25) is 0 Å². The van der Waals surface area contributed by atoms with E-state index in [1.54, 1.807) is 6.20 Å². The average molecular weight is 297 g/mol. The molecule has 5 heteroatoms. The zero-order valence-electron chi connectivity index (χ0n) is 9.69. The highest BCUT2D eigenvalue weighted by Crippen LogP contribution is 2.31. The Morgan fingerprint density at radius 2 is 2.18 bits per heavy atom. The van der Waals surface area contributed by atoms with E-state index in [1.807, 2.05) is 6.07 Å². The van der Waals surface area contributed by atoms with Crippen molar-refractivity contribution < 1.29 is 0 Å². The number of hydrogen-bond acceptors (Lipinski definition) is 4. The van der Waals surface area contributed by atoms with Gasteiger partial charge in [0.25, 0.3) is 0 Å². The van der Waals surface area contributed by atoms with Gasteiger partial charge in [-0.3, -0.25) is 0 Å². The molecule has 2 bridgehead atoms. The number of nitrogen functional groups attached to an aromatic ring is 1. The summed E-state index contributed by atoms with van der Waals surface area (Å²) in [5.41, 5.74) is 6.38. The predicted molar refractivity (Wildman–Crippen MR) is 72.9 cm³/mol. The third-order valence-corrected chi connectivity index (χ3v) is 4.45. The van der Waals surface area contributed by atoms with Crippen molar-refractivity contribution in [1.29, 1.82) is 0 Å². The third kappa shape index (κ3) is 2.26. The molecule has 4 heterocycles. The van der Waals surface area contributed by atoms with Gasteiger partial charge in [0.15, 0.2) is 0 Å². The molecule has 1 unspecified atom stereocenters. The maximum atomic E-state index is 5.69. The number of nitrogens with zero attached hydrogens (tertiary/aromatic N) is 2. The van der Waals surface area contributed by atoms with Gasteiger partial charge in [-0.25, -0.2) is 4.98 Å². The van der Waals surface area contributed by atoms with Gasteiger partial charge in [0, 0.05) is 12.6 Å². The summed E-state index contributed by atoms with van der Waals surface area (Å²) >= 11 is 3.51. The van der Waals surface area contributed by atoms with E-state index in [9.17, 15) is 0 Å². The predicted octanol–water partition coefficient (Wildman–Crippen LogP) is 1.93. The van der Waals surface area contributed by atoms with Crippen molar-refractivity contribution >= 4 is 27.4 Å². The summed E-state index contributed by atoms with van der Waals surface area (Å²) in [6.07, 6.45) is 4.32. The summed E-state index contributed by atoms with van der Waals surface area (Å²) in [6, 6.07) is 2.43. The largest absolute Gasteiger partial charge is 0.397 e. The van der Waals surface area contributed by atoms with Crippen LogP contribution in [0.3, 0.4) is 0 Å². The van der Waals surface area contributed by atoms with E-state index < -0.39 is 0 Å². The van der Waals surface area contributed by atoms with Crippen LogP contribution >= 0.6 is 15.9 Å². The zero-order valence-corrected chi connectivity index (χ0v) is 11.3. The number of nitrogens with one attached hydrogen (secondary N) is 1. The normalized spacial score (nSPS) is 31.5. The van der Waals surface area contributed by atoms with Gasteiger partial charge in [0.05, 0.1) is 16.4 Å². The number of aromatic nitrogens is 1. The highest BCUT2D eigenvalue weighted by atomic mass is 79.9. The number of piperidine rings is 3. The maximum Gasteiger partial charge on any atom is 0.140 e. The van der Waals surface area contributed by atoms with Crippen LogP contribution < -0.4 is 11.1 Å². The number of rotatable bonds is 2. The van der Waals surface area contributed by atoms with E-state index in [0.29, 0.717) is 11.7 Å². The molecule has 4 nitrogen and oxygen atoms in total. The fourth-order valence-corrected chi connectivity index (χ4v) is 3.34. The molecule has 3 fully saturated rings. The van der Waals surface area contributed by atoms with Crippen molar-refractivity contribution in [2.45, 2.75) is 18.9 Å². The fourth-order valence-electron chi connectivity index (χ4n) is 2.86. The van der Waals surface area contributed by atoms with E-state index in [1.165, 1.54) is 25.9 Å². The third-order valence-electron chi connectivity index (χ3n) is 3.84. The lowest BCUT2D eigenvalue weighted by Gasteiger charge is -2.45. The van der Waals surface area contributed by atoms with Gasteiger partial charge in [-0.1, -0.05) is 0 Å². The topological polar surface area (TPSA) is 54.2 Å². The first-order valence-corrected chi connectivity index (χ1v) is 6.91. The Kier molecular flexibility index (Phi) is 2.96. The second kappa shape index (κ2) is 4.46. The minimum absolute atomic E-state index is 0.532. The molecule has 0 radical (unpaired) electrons. The zero-order chi connectivity index (χ0) is 11.8. The number of fused-ring (bicyclic) bond motifs is 3. The number of hydrogen-bond donors (Lipinski definition) is 2. The second-order valence-electron chi connectivity index (χ2n) is 4.99. The van der Waals surface area contributed by atoms with Gasteiger partial charge in [-0.2, -0.15) is 0 Å². The Morgan fingerprint density at radius 3 is 2.76 bits per heavy atom. The molecular formula is C12H17BrN4. The molecule has 3 aliphatic rings. The molecule has 0 saturated carbocycles. The molecule has 0 aromatic carbocycles. The molecule has 17 heavy (non-hydrogen) atoms. The van der Waals surface area contributed by atoms with Crippen LogP contribution in [0, 0.1) is 5.92 Å². The summed E-state index contributed by atoms with van der Waals surface area (Å²) in [5, 5.41) is 3.55. The molecule has 1 aromatic heterocycles. The van der Waals surface area contributed by atoms with Crippen molar-refractivity contribution in [3.05, 3.63) is 16.7 Å². The lowest BCUT2D eigenvalue weighted by molar-refractivity contribution is 0.0973. The molecule has 0 amide bonds. The molecule has 1 aromatic rings. The van der Waals surface area contributed by atoms with Gasteiger partial charge in [-0.05, 0) is 53.8 Å².